The number of hydrogen-bond donors (Lipinski definition) is 0. The first-order valence-corrected chi connectivity index (χ1v) is 12.8. The second kappa shape index (κ2) is 10.2. The number of ether oxygens (including phenoxy) is 1. The number of rotatable bonds is 9. The van der Waals surface area contributed by atoms with Gasteiger partial charge in [-0.1, -0.05) is 17.4 Å². The molecule has 3 rings (SSSR count). The molecule has 33 heavy (non-hydrogen) atoms. The smallest absolute Gasteiger partial charge is 0.260 e. The van der Waals surface area contributed by atoms with Crippen LogP contribution in [0.25, 0.3) is 10.2 Å². The van der Waals surface area contributed by atoms with Crippen molar-refractivity contribution in [2.45, 2.75) is 24.8 Å². The number of fused-ring (bicyclic) bond motifs is 1. The van der Waals surface area contributed by atoms with Gasteiger partial charge in [0.15, 0.2) is 5.13 Å². The molecule has 0 aliphatic carbocycles. The molecule has 1 aromatic heterocycles. The van der Waals surface area contributed by atoms with Gasteiger partial charge in [0.05, 0.1) is 16.7 Å². The molecule has 178 valence electrons. The average molecular weight is 491 g/mol. The Balaban J connectivity index is 1.96. The second-order valence-electron chi connectivity index (χ2n) is 8.20. The van der Waals surface area contributed by atoms with E-state index in [0.717, 1.165) is 4.70 Å². The molecule has 1 amide bonds. The van der Waals surface area contributed by atoms with Crippen LogP contribution in [0.3, 0.4) is 0 Å². The number of sulfonamides is 1. The molecule has 8 nitrogen and oxygen atoms in total. The second-order valence-corrected chi connectivity index (χ2v) is 11.2. The highest BCUT2D eigenvalue weighted by molar-refractivity contribution is 7.89. The molecular formula is C23H30N4O4S2. The number of likely N-dealkylation sites (N-methyl/N-ethyl adjacent to an activating group) is 1. The summed E-state index contributed by atoms with van der Waals surface area (Å²) < 4.78 is 33.1. The lowest BCUT2D eigenvalue weighted by atomic mass is 10.2. The molecular weight excluding hydrogens is 460 g/mol. The standard InChI is InChI=1S/C23H30N4O4S2/c1-16(2)26(5)33(29,30)18-12-10-17(11-13-18)22(28)27(15-14-25(3)4)23-24-21-19(31-6)8-7-9-20(21)32-23/h7-13,16H,14-15H2,1-6H3. The molecule has 0 saturated heterocycles. The fourth-order valence-electron chi connectivity index (χ4n) is 3.14. The first-order chi connectivity index (χ1) is 15.6. The molecule has 0 N–H and O–H groups in total. The molecule has 0 fully saturated rings. The zero-order valence-electron chi connectivity index (χ0n) is 19.8. The lowest BCUT2D eigenvalue weighted by Crippen LogP contribution is -2.37. The number of carbonyl (C=O) groups excluding carboxylic acids is 1. The van der Waals surface area contributed by atoms with Crippen LogP contribution in [0.1, 0.15) is 24.2 Å². The van der Waals surface area contributed by atoms with Crippen molar-refractivity contribution in [3.63, 3.8) is 0 Å². The van der Waals surface area contributed by atoms with Crippen molar-refractivity contribution in [3.8, 4) is 5.75 Å². The Kier molecular flexibility index (Phi) is 7.73. The molecule has 2 aromatic carbocycles. The fraction of sp³-hybridized carbons (Fsp3) is 0.391. The van der Waals surface area contributed by atoms with Crippen molar-refractivity contribution >= 4 is 42.6 Å². The van der Waals surface area contributed by atoms with Crippen LogP contribution in [0.5, 0.6) is 5.75 Å². The summed E-state index contributed by atoms with van der Waals surface area (Å²) in [5, 5.41) is 0.567. The molecule has 0 aliphatic rings. The molecule has 10 heteroatoms. The van der Waals surface area contributed by atoms with Crippen LogP contribution in [0.15, 0.2) is 47.4 Å². The number of anilines is 1. The number of methoxy groups -OCH3 is 1. The summed E-state index contributed by atoms with van der Waals surface area (Å²) in [4.78, 5) is 21.9. The normalized spacial score (nSPS) is 12.2. The van der Waals surface area contributed by atoms with Gasteiger partial charge >= 0.3 is 0 Å². The van der Waals surface area contributed by atoms with E-state index in [-0.39, 0.29) is 16.8 Å². The molecule has 3 aromatic rings. The van der Waals surface area contributed by atoms with E-state index in [1.807, 2.05) is 51.0 Å². The summed E-state index contributed by atoms with van der Waals surface area (Å²) in [6, 6.07) is 11.6. The van der Waals surface area contributed by atoms with Crippen molar-refractivity contribution in [1.82, 2.24) is 14.2 Å². The fourth-order valence-corrected chi connectivity index (χ4v) is 5.52. The van der Waals surface area contributed by atoms with Gasteiger partial charge in [-0.3, -0.25) is 9.69 Å². The molecule has 1 heterocycles. The zero-order chi connectivity index (χ0) is 24.3. The minimum atomic E-state index is -3.62. The van der Waals surface area contributed by atoms with Crippen molar-refractivity contribution in [1.29, 1.82) is 0 Å². The molecule has 0 radical (unpaired) electrons. The van der Waals surface area contributed by atoms with Crippen LogP contribution < -0.4 is 9.64 Å². The summed E-state index contributed by atoms with van der Waals surface area (Å²) in [5.74, 6) is 0.412. The van der Waals surface area contributed by atoms with Gasteiger partial charge in [0.2, 0.25) is 10.0 Å². The van der Waals surface area contributed by atoms with E-state index >= 15 is 0 Å². The van der Waals surface area contributed by atoms with Crippen LogP contribution >= 0.6 is 11.3 Å². The number of hydrogen-bond acceptors (Lipinski definition) is 7. The Bertz CT molecular complexity index is 1220. The third-order valence-electron chi connectivity index (χ3n) is 5.34. The molecule has 0 aliphatic heterocycles. The molecule has 0 unspecified atom stereocenters. The average Bonchev–Trinajstić information content (AvgIpc) is 3.22. The van der Waals surface area contributed by atoms with Gasteiger partial charge in [-0.05, 0) is 64.3 Å². The van der Waals surface area contributed by atoms with Gasteiger partial charge in [-0.2, -0.15) is 4.31 Å². The Labute approximate surface area is 199 Å². The van der Waals surface area contributed by atoms with Crippen LogP contribution in [-0.4, -0.2) is 75.9 Å². The van der Waals surface area contributed by atoms with E-state index in [1.54, 1.807) is 31.2 Å². The Morgan fingerprint density at radius 1 is 1.06 bits per heavy atom. The maximum absolute atomic E-state index is 13.5. The highest BCUT2D eigenvalue weighted by atomic mass is 32.2. The summed E-state index contributed by atoms with van der Waals surface area (Å²) in [6.07, 6.45) is 0. The van der Waals surface area contributed by atoms with E-state index in [9.17, 15) is 13.2 Å². The van der Waals surface area contributed by atoms with Crippen molar-refractivity contribution in [2.24, 2.45) is 0 Å². The summed E-state index contributed by atoms with van der Waals surface area (Å²) in [6.45, 7) is 4.70. The highest BCUT2D eigenvalue weighted by Gasteiger charge is 2.25. The summed E-state index contributed by atoms with van der Waals surface area (Å²) in [5.41, 5.74) is 1.10. The van der Waals surface area contributed by atoms with Gasteiger partial charge in [0, 0.05) is 31.7 Å². The third kappa shape index (κ3) is 5.35. The van der Waals surface area contributed by atoms with Gasteiger partial charge in [-0.25, -0.2) is 13.4 Å². The Morgan fingerprint density at radius 3 is 2.30 bits per heavy atom. The van der Waals surface area contributed by atoms with E-state index in [0.29, 0.717) is 35.1 Å². The molecule has 0 atom stereocenters. The molecule has 0 saturated carbocycles. The predicted molar refractivity (Wildman–Crippen MR) is 133 cm³/mol. The minimum Gasteiger partial charge on any atom is -0.494 e. The number of thiazole rings is 1. The number of amides is 1. The summed E-state index contributed by atoms with van der Waals surface area (Å²) >= 11 is 1.42. The highest BCUT2D eigenvalue weighted by Crippen LogP contribution is 2.34. The van der Waals surface area contributed by atoms with Gasteiger partial charge < -0.3 is 9.64 Å². The van der Waals surface area contributed by atoms with Gasteiger partial charge in [-0.15, -0.1) is 0 Å². The van der Waals surface area contributed by atoms with E-state index < -0.39 is 10.0 Å². The van der Waals surface area contributed by atoms with Gasteiger partial charge in [0.25, 0.3) is 5.91 Å². The lowest BCUT2D eigenvalue weighted by Gasteiger charge is -2.23. The quantitative estimate of drug-likeness (QED) is 0.456. The number of nitrogens with zero attached hydrogens (tertiary/aromatic N) is 4. The van der Waals surface area contributed by atoms with E-state index in [1.165, 1.54) is 27.8 Å². The SMILES string of the molecule is COc1cccc2sc(N(CCN(C)C)C(=O)c3ccc(S(=O)(=O)N(C)C(C)C)cc3)nc12. The first-order valence-electron chi connectivity index (χ1n) is 10.5. The maximum atomic E-state index is 13.5. The van der Waals surface area contributed by atoms with Crippen LogP contribution in [0, 0.1) is 0 Å². The molecule has 0 spiro atoms. The van der Waals surface area contributed by atoms with Gasteiger partial charge in [0.1, 0.15) is 11.3 Å². The Morgan fingerprint density at radius 2 is 1.73 bits per heavy atom. The van der Waals surface area contributed by atoms with Crippen molar-refractivity contribution < 1.29 is 17.9 Å². The zero-order valence-corrected chi connectivity index (χ0v) is 21.4. The third-order valence-corrected chi connectivity index (χ3v) is 8.43. The van der Waals surface area contributed by atoms with Crippen LogP contribution in [0.2, 0.25) is 0 Å². The number of para-hydroxylation sites is 1. The predicted octanol–water partition coefficient (Wildman–Crippen LogP) is 3.54. The minimum absolute atomic E-state index is 0.153. The maximum Gasteiger partial charge on any atom is 0.260 e. The number of benzene rings is 2. The lowest BCUT2D eigenvalue weighted by molar-refractivity contribution is 0.0985. The van der Waals surface area contributed by atoms with E-state index in [4.69, 9.17) is 4.74 Å². The van der Waals surface area contributed by atoms with Crippen molar-refractivity contribution in [2.75, 3.05) is 46.2 Å². The number of aromatic nitrogens is 1. The topological polar surface area (TPSA) is 83.0 Å². The number of carbonyl (C=O) groups is 1. The molecule has 0 bridgehead atoms. The van der Waals surface area contributed by atoms with Crippen LogP contribution in [0.4, 0.5) is 5.13 Å². The van der Waals surface area contributed by atoms with Crippen LogP contribution in [-0.2, 0) is 10.0 Å². The largest absolute Gasteiger partial charge is 0.494 e. The monoisotopic (exact) mass is 490 g/mol. The Hall–Kier alpha value is -2.53. The first kappa shape index (κ1) is 25.1. The van der Waals surface area contributed by atoms with E-state index in [2.05, 4.69) is 4.98 Å². The summed E-state index contributed by atoms with van der Waals surface area (Å²) in [7, 11) is 3.39. The van der Waals surface area contributed by atoms with Crippen molar-refractivity contribution in [3.05, 3.63) is 48.0 Å².